The van der Waals surface area contributed by atoms with E-state index in [4.69, 9.17) is 0 Å². The highest BCUT2D eigenvalue weighted by atomic mass is 16.2. The summed E-state index contributed by atoms with van der Waals surface area (Å²) in [4.78, 5) is 19.2. The number of aromatic nitrogens is 1. The van der Waals surface area contributed by atoms with Gasteiger partial charge in [0.2, 0.25) is 0 Å². The number of H-pyrrole nitrogens is 1. The van der Waals surface area contributed by atoms with Gasteiger partial charge in [-0.3, -0.25) is 9.69 Å². The molecular formula is C16H28N4O+2. The first kappa shape index (κ1) is 15.8. The second-order valence-electron chi connectivity index (χ2n) is 6.85. The Morgan fingerprint density at radius 2 is 2.00 bits per heavy atom. The Bertz CT molecular complexity index is 461. The summed E-state index contributed by atoms with van der Waals surface area (Å²) in [6.45, 7) is 12.0. The molecule has 5 nitrogen and oxygen atoms in total. The van der Waals surface area contributed by atoms with Gasteiger partial charge in [0.05, 0.1) is 6.20 Å². The molecule has 1 aromatic heterocycles. The summed E-state index contributed by atoms with van der Waals surface area (Å²) < 4.78 is 0. The quantitative estimate of drug-likeness (QED) is 0.790. The number of quaternary nitrogens is 1. The lowest BCUT2D eigenvalue weighted by Gasteiger charge is -2.33. The number of rotatable bonds is 3. The van der Waals surface area contributed by atoms with Crippen LogP contribution in [-0.4, -0.2) is 43.7 Å². The lowest BCUT2D eigenvalue weighted by atomic mass is 10.1. The Morgan fingerprint density at radius 3 is 2.52 bits per heavy atom. The number of carbonyl (C=O) groups is 1. The average molecular weight is 292 g/mol. The lowest BCUT2D eigenvalue weighted by Crippen LogP contribution is -3.19. The molecular weight excluding hydrogens is 264 g/mol. The molecule has 3 N–H and O–H groups in total. The van der Waals surface area contributed by atoms with Gasteiger partial charge in [0.15, 0.2) is 6.04 Å². The molecule has 0 spiro atoms. The van der Waals surface area contributed by atoms with Gasteiger partial charge in [-0.2, -0.15) is 0 Å². The topological polar surface area (TPSA) is 50.9 Å². The number of nitrogens with zero attached hydrogens (tertiary/aromatic N) is 1. The number of hydrogen-bond acceptors (Lipinski definition) is 2. The molecule has 1 atom stereocenters. The number of hydrogen-bond donors (Lipinski definition) is 2. The molecule has 116 valence electrons. The minimum Gasteiger partial charge on any atom is -0.346 e. The molecule has 1 fully saturated rings. The van der Waals surface area contributed by atoms with E-state index in [2.05, 4.69) is 21.3 Å². The van der Waals surface area contributed by atoms with Crippen molar-refractivity contribution in [3.63, 3.8) is 0 Å². The number of aromatic amines is 1. The Morgan fingerprint density at radius 1 is 1.33 bits per heavy atom. The molecule has 1 aliphatic heterocycles. The maximum atomic E-state index is 12.3. The van der Waals surface area contributed by atoms with Crippen molar-refractivity contribution >= 4 is 11.7 Å². The number of anilines is 1. The van der Waals surface area contributed by atoms with Crippen molar-refractivity contribution in [2.45, 2.75) is 39.3 Å². The standard InChI is InChI=1S/C16H26N4O/c1-13(15(21)18-16(2,3)4)19-9-11-20(12-10-19)14-7-5-6-8-17-14/h5-8,13H,9-12H2,1-4H3,(H,18,21)/p+2/t13-/m0/s1. The SMILES string of the molecule is C[C@@H](C(=O)NC(C)(C)C)[NH+]1CCN(c2cccc[nH+]2)CC1. The third-order valence-electron chi connectivity index (χ3n) is 3.94. The minimum absolute atomic E-state index is 0.00567. The van der Waals surface area contributed by atoms with Gasteiger partial charge < -0.3 is 10.2 Å². The van der Waals surface area contributed by atoms with E-state index in [1.165, 1.54) is 4.90 Å². The molecule has 0 radical (unpaired) electrons. The molecule has 0 aliphatic carbocycles. The Hall–Kier alpha value is -1.62. The number of nitrogens with one attached hydrogen (secondary N) is 3. The van der Waals surface area contributed by atoms with Crippen LogP contribution in [0.25, 0.3) is 0 Å². The Kier molecular flexibility index (Phi) is 4.83. The highest BCUT2D eigenvalue weighted by molar-refractivity contribution is 5.80. The van der Waals surface area contributed by atoms with Crippen LogP contribution in [0.3, 0.4) is 0 Å². The molecule has 2 heterocycles. The van der Waals surface area contributed by atoms with E-state index >= 15 is 0 Å². The zero-order chi connectivity index (χ0) is 15.5. The van der Waals surface area contributed by atoms with Crippen LogP contribution in [0.2, 0.25) is 0 Å². The maximum Gasteiger partial charge on any atom is 0.278 e. The lowest BCUT2D eigenvalue weighted by molar-refractivity contribution is -0.914. The highest BCUT2D eigenvalue weighted by Crippen LogP contribution is 2.05. The van der Waals surface area contributed by atoms with Crippen molar-refractivity contribution in [1.29, 1.82) is 0 Å². The molecule has 1 amide bonds. The van der Waals surface area contributed by atoms with Crippen molar-refractivity contribution in [1.82, 2.24) is 5.32 Å². The van der Waals surface area contributed by atoms with Crippen LogP contribution < -0.4 is 20.1 Å². The molecule has 5 heteroatoms. The minimum atomic E-state index is -0.161. The summed E-state index contributed by atoms with van der Waals surface area (Å²) in [5.74, 6) is 1.31. The van der Waals surface area contributed by atoms with Crippen molar-refractivity contribution in [3.8, 4) is 0 Å². The van der Waals surface area contributed by atoms with Gasteiger partial charge in [-0.15, -0.1) is 0 Å². The largest absolute Gasteiger partial charge is 0.346 e. The van der Waals surface area contributed by atoms with Gasteiger partial charge in [0.1, 0.15) is 26.2 Å². The summed E-state index contributed by atoms with van der Waals surface area (Å²) in [6, 6.07) is 6.14. The van der Waals surface area contributed by atoms with Crippen LogP contribution in [0.1, 0.15) is 27.7 Å². The Balaban J connectivity index is 1.87. The molecule has 0 unspecified atom stereocenters. The van der Waals surface area contributed by atoms with Crippen molar-refractivity contribution < 1.29 is 14.7 Å². The van der Waals surface area contributed by atoms with Crippen LogP contribution in [0.4, 0.5) is 5.82 Å². The zero-order valence-corrected chi connectivity index (χ0v) is 13.6. The van der Waals surface area contributed by atoms with E-state index in [1.54, 1.807) is 0 Å². The normalized spacial score (nSPS) is 18.4. The van der Waals surface area contributed by atoms with Crippen molar-refractivity contribution in [2.75, 3.05) is 31.1 Å². The summed E-state index contributed by atoms with van der Waals surface area (Å²) in [7, 11) is 0. The first-order valence-electron chi connectivity index (χ1n) is 7.75. The van der Waals surface area contributed by atoms with Gasteiger partial charge in [0, 0.05) is 11.6 Å². The first-order chi connectivity index (χ1) is 9.87. The van der Waals surface area contributed by atoms with Crippen LogP contribution >= 0.6 is 0 Å². The Labute approximate surface area is 127 Å². The van der Waals surface area contributed by atoms with E-state index in [-0.39, 0.29) is 17.5 Å². The average Bonchev–Trinajstić information content (AvgIpc) is 2.46. The number of pyridine rings is 1. The zero-order valence-electron chi connectivity index (χ0n) is 13.6. The van der Waals surface area contributed by atoms with E-state index in [9.17, 15) is 4.79 Å². The molecule has 2 rings (SSSR count). The van der Waals surface area contributed by atoms with E-state index in [0.29, 0.717) is 0 Å². The van der Waals surface area contributed by atoms with Gasteiger partial charge in [-0.05, 0) is 33.8 Å². The van der Waals surface area contributed by atoms with Crippen LogP contribution in [0, 0.1) is 0 Å². The summed E-state index contributed by atoms with van der Waals surface area (Å²) in [5.41, 5.74) is -0.161. The first-order valence-corrected chi connectivity index (χ1v) is 7.75. The second-order valence-corrected chi connectivity index (χ2v) is 6.85. The summed E-state index contributed by atoms with van der Waals surface area (Å²) in [6.07, 6.45) is 1.95. The fraction of sp³-hybridized carbons (Fsp3) is 0.625. The third kappa shape index (κ3) is 4.43. The van der Waals surface area contributed by atoms with Gasteiger partial charge in [0.25, 0.3) is 11.7 Å². The summed E-state index contributed by atoms with van der Waals surface area (Å²) >= 11 is 0. The van der Waals surface area contributed by atoms with Crippen LogP contribution in [0.5, 0.6) is 0 Å². The smallest absolute Gasteiger partial charge is 0.278 e. The van der Waals surface area contributed by atoms with Gasteiger partial charge in [-0.25, -0.2) is 4.98 Å². The highest BCUT2D eigenvalue weighted by Gasteiger charge is 2.33. The molecule has 0 aromatic carbocycles. The number of piperazine rings is 1. The maximum absolute atomic E-state index is 12.3. The molecule has 1 saturated heterocycles. The predicted molar refractivity (Wildman–Crippen MR) is 83.3 cm³/mol. The summed E-state index contributed by atoms with van der Waals surface area (Å²) in [5, 5.41) is 3.08. The molecule has 21 heavy (non-hydrogen) atoms. The molecule has 1 aromatic rings. The second kappa shape index (κ2) is 6.43. The van der Waals surface area contributed by atoms with Crippen molar-refractivity contribution in [2.24, 2.45) is 0 Å². The van der Waals surface area contributed by atoms with Gasteiger partial charge in [-0.1, -0.05) is 6.07 Å². The molecule has 0 bridgehead atoms. The molecule has 0 saturated carbocycles. The molecule has 1 aliphatic rings. The van der Waals surface area contributed by atoms with Gasteiger partial charge >= 0.3 is 0 Å². The van der Waals surface area contributed by atoms with E-state index in [0.717, 1.165) is 32.0 Å². The van der Waals surface area contributed by atoms with Crippen molar-refractivity contribution in [3.05, 3.63) is 24.4 Å². The number of amides is 1. The fourth-order valence-corrected chi connectivity index (χ4v) is 2.71. The van der Waals surface area contributed by atoms with E-state index in [1.807, 2.05) is 46.0 Å². The third-order valence-corrected chi connectivity index (χ3v) is 3.94. The monoisotopic (exact) mass is 292 g/mol. The fourth-order valence-electron chi connectivity index (χ4n) is 2.71. The van der Waals surface area contributed by atoms with Crippen LogP contribution in [0.15, 0.2) is 24.4 Å². The number of carbonyl (C=O) groups excluding carboxylic acids is 1. The predicted octanol–water partition coefficient (Wildman–Crippen LogP) is -0.491. The van der Waals surface area contributed by atoms with Crippen LogP contribution in [-0.2, 0) is 4.79 Å². The van der Waals surface area contributed by atoms with E-state index < -0.39 is 0 Å².